The van der Waals surface area contributed by atoms with E-state index in [1.807, 2.05) is 84.9 Å². The van der Waals surface area contributed by atoms with Crippen molar-refractivity contribution in [3.8, 4) is 0 Å². The number of rotatable bonds is 20. The molecule has 6 aromatic rings. The van der Waals surface area contributed by atoms with Crippen molar-refractivity contribution >= 4 is 64.9 Å². The number of aryl methyl sites for hydroxylation is 3. The first-order valence-electron chi connectivity index (χ1n) is 32.8. The van der Waals surface area contributed by atoms with Crippen LogP contribution in [-0.4, -0.2) is 195 Å². The third-order valence-electron chi connectivity index (χ3n) is 19.4. The Hall–Kier alpha value is -7.18. The van der Waals surface area contributed by atoms with Crippen LogP contribution in [0.5, 0.6) is 0 Å². The van der Waals surface area contributed by atoms with Crippen LogP contribution in [0.1, 0.15) is 84.8 Å². The third-order valence-corrected chi connectivity index (χ3v) is 25.1. The molecule has 0 aliphatic carbocycles. The maximum Gasteiger partial charge on any atom is 0.243 e. The van der Waals surface area contributed by atoms with Crippen LogP contribution in [0.2, 0.25) is 0 Å². The first-order chi connectivity index (χ1) is 44.5. The van der Waals surface area contributed by atoms with Gasteiger partial charge in [0, 0.05) is 160 Å². The molecule has 2 atom stereocenters. The fourth-order valence-corrected chi connectivity index (χ4v) is 18.1. The van der Waals surface area contributed by atoms with Crippen LogP contribution >= 0.6 is 0 Å². The predicted octanol–water partition coefficient (Wildman–Crippen LogP) is 7.65. The Morgan fingerprint density at radius 3 is 1.21 bits per heavy atom. The van der Waals surface area contributed by atoms with Crippen molar-refractivity contribution in [1.29, 1.82) is 0 Å². The first kappa shape index (κ1) is 64.9. The van der Waals surface area contributed by atoms with Crippen molar-refractivity contribution in [2.45, 2.75) is 90.9 Å². The van der Waals surface area contributed by atoms with Crippen LogP contribution in [0.25, 0.3) is 0 Å². The largest absolute Gasteiger partial charge is 0.372 e. The van der Waals surface area contributed by atoms with Gasteiger partial charge < -0.3 is 34.1 Å². The second-order valence-corrected chi connectivity index (χ2v) is 30.9. The van der Waals surface area contributed by atoms with Crippen molar-refractivity contribution in [2.75, 3.05) is 139 Å². The number of sulfonamides is 3. The van der Waals surface area contributed by atoms with Gasteiger partial charge in [-0.2, -0.15) is 12.9 Å². The van der Waals surface area contributed by atoms with Crippen molar-refractivity contribution in [1.82, 2.24) is 27.6 Å². The molecule has 0 bridgehead atoms. The monoisotopic (exact) mass is 1310 g/mol. The molecule has 6 aromatic carbocycles. The molecule has 3 amide bonds. The lowest BCUT2D eigenvalue weighted by atomic mass is 9.89. The zero-order chi connectivity index (χ0) is 63.8. The van der Waals surface area contributed by atoms with Gasteiger partial charge in [-0.1, -0.05) is 78.9 Å². The van der Waals surface area contributed by atoms with Gasteiger partial charge in [0.2, 0.25) is 47.8 Å². The van der Waals surface area contributed by atoms with E-state index < -0.39 is 30.1 Å². The molecule has 12 rings (SSSR count). The van der Waals surface area contributed by atoms with Crippen LogP contribution in [0.3, 0.4) is 0 Å². The van der Waals surface area contributed by atoms with E-state index >= 15 is 0 Å². The van der Waals surface area contributed by atoms with Gasteiger partial charge in [0.25, 0.3) is 0 Å². The summed E-state index contributed by atoms with van der Waals surface area (Å²) < 4.78 is 93.2. The third kappa shape index (κ3) is 15.2. The van der Waals surface area contributed by atoms with Gasteiger partial charge in [0.15, 0.2) is 0 Å². The molecule has 6 aliphatic rings. The van der Waals surface area contributed by atoms with E-state index in [1.54, 1.807) is 51.1 Å². The lowest BCUT2D eigenvalue weighted by molar-refractivity contribution is -0.133. The normalized spacial score (nSPS) is 20.2. The summed E-state index contributed by atoms with van der Waals surface area (Å²) in [5, 5.41) is 0. The molecular weight excluding hydrogens is 1220 g/mol. The summed E-state index contributed by atoms with van der Waals surface area (Å²) in [6.45, 7) is 8.77. The standard InChI is InChI=1S/C70H85N9O10S3/c80-68(31-16-55-9-2-1-3-10-55)72-37-43-78(44-38-72)92(87,88)66-29-23-63(24-30-66)76-49-50-89-67(54-76)59-14-7-12-57(52-59)18-33-70(82)74-41-47-79(48-42-74)91(85,86)65-27-21-62(22-28-65)75-36-8-15-60(53-75)58-13-6-11-56(51-58)17-32-69(81)73-39-45-77(46-40-73)90(83,84)64-25-19-61(20-26-64)71-34-4-5-35-71/h1-3,6-7,9-14,19-30,51-52,60,67H,4-5,8,15-18,31-50,53-54H2. The molecule has 6 aliphatic heterocycles. The van der Waals surface area contributed by atoms with E-state index in [1.165, 1.54) is 18.5 Å². The Balaban J connectivity index is 0.561. The van der Waals surface area contributed by atoms with E-state index in [-0.39, 0.29) is 90.1 Å². The minimum absolute atomic E-state index is 0.0240. The van der Waals surface area contributed by atoms with Crippen LogP contribution < -0.4 is 14.7 Å². The minimum Gasteiger partial charge on any atom is -0.372 e. The summed E-state index contributed by atoms with van der Waals surface area (Å²) in [4.78, 5) is 52.8. The molecule has 488 valence electrons. The number of hydrogen-bond donors (Lipinski definition) is 0. The second kappa shape index (κ2) is 29.0. The Labute approximate surface area is 543 Å². The fourth-order valence-electron chi connectivity index (χ4n) is 13.8. The Morgan fingerprint density at radius 1 is 0.370 bits per heavy atom. The fraction of sp³-hybridized carbons (Fsp3) is 0.443. The summed E-state index contributed by atoms with van der Waals surface area (Å²) in [5.41, 5.74) is 8.29. The maximum absolute atomic E-state index is 14.0. The van der Waals surface area contributed by atoms with Crippen LogP contribution in [0.15, 0.2) is 166 Å². The summed E-state index contributed by atoms with van der Waals surface area (Å²) in [7, 11) is -11.2. The molecule has 6 fully saturated rings. The van der Waals surface area contributed by atoms with Crippen molar-refractivity contribution in [3.63, 3.8) is 0 Å². The molecule has 0 N–H and O–H groups in total. The zero-order valence-electron chi connectivity index (χ0n) is 52.4. The molecule has 92 heavy (non-hydrogen) atoms. The van der Waals surface area contributed by atoms with Gasteiger partial charge in [-0.15, -0.1) is 0 Å². The summed E-state index contributed by atoms with van der Waals surface area (Å²) in [6, 6.07) is 47.8. The molecular formula is C70H85N9O10S3. The average Bonchev–Trinajstić information content (AvgIpc) is 1.86. The molecule has 19 nitrogen and oxygen atoms in total. The summed E-state index contributed by atoms with van der Waals surface area (Å²) >= 11 is 0. The molecule has 0 saturated carbocycles. The van der Waals surface area contributed by atoms with Crippen molar-refractivity contribution in [2.24, 2.45) is 0 Å². The first-order valence-corrected chi connectivity index (χ1v) is 37.1. The number of anilines is 3. The number of carbonyl (C=O) groups excluding carboxylic acids is 3. The number of amides is 3. The van der Waals surface area contributed by atoms with Gasteiger partial charge >= 0.3 is 0 Å². The van der Waals surface area contributed by atoms with E-state index in [9.17, 15) is 39.6 Å². The molecule has 2 unspecified atom stereocenters. The van der Waals surface area contributed by atoms with E-state index in [4.69, 9.17) is 4.74 Å². The molecule has 0 spiro atoms. The number of piperidine rings is 1. The highest BCUT2D eigenvalue weighted by atomic mass is 32.2. The number of benzene rings is 6. The smallest absolute Gasteiger partial charge is 0.243 e. The maximum atomic E-state index is 14.0. The predicted molar refractivity (Wildman–Crippen MR) is 356 cm³/mol. The summed E-state index contributed by atoms with van der Waals surface area (Å²) in [5.74, 6) is 0.293. The van der Waals surface area contributed by atoms with E-state index in [0.717, 1.165) is 91.2 Å². The van der Waals surface area contributed by atoms with Gasteiger partial charge in [0.05, 0.1) is 21.3 Å². The van der Waals surface area contributed by atoms with Crippen molar-refractivity contribution < 1.29 is 44.4 Å². The highest BCUT2D eigenvalue weighted by Crippen LogP contribution is 2.34. The zero-order valence-corrected chi connectivity index (χ0v) is 54.9. The molecule has 22 heteroatoms. The lowest BCUT2D eigenvalue weighted by Crippen LogP contribution is -2.50. The van der Waals surface area contributed by atoms with Gasteiger partial charge in [-0.25, -0.2) is 25.3 Å². The molecule has 6 saturated heterocycles. The Bertz CT molecular complexity index is 3870. The van der Waals surface area contributed by atoms with Crippen LogP contribution in [0, 0.1) is 0 Å². The molecule has 0 radical (unpaired) electrons. The van der Waals surface area contributed by atoms with E-state index in [0.29, 0.717) is 91.1 Å². The van der Waals surface area contributed by atoms with Gasteiger partial charge in [-0.3, -0.25) is 14.4 Å². The summed E-state index contributed by atoms with van der Waals surface area (Å²) in [6.07, 6.45) is 6.82. The number of hydrogen-bond acceptors (Lipinski definition) is 13. The van der Waals surface area contributed by atoms with Gasteiger partial charge in [-0.05, 0) is 146 Å². The Kier molecular flexibility index (Phi) is 20.5. The van der Waals surface area contributed by atoms with E-state index in [2.05, 4.69) is 45.0 Å². The number of morpholine rings is 1. The lowest BCUT2D eigenvalue weighted by Gasteiger charge is -2.35. The van der Waals surface area contributed by atoms with Crippen molar-refractivity contribution in [3.05, 3.63) is 179 Å². The number of nitrogens with zero attached hydrogens (tertiary/aromatic N) is 9. The SMILES string of the molecule is O=C(CCc1ccccc1)N1CCN(S(=O)(=O)c2ccc(N3CCOC(c4cccc(CCC(=O)N5CCN(S(=O)(=O)c6ccc(N7CCCC(c8cccc(CCC(=O)N9CCN(S(=O)(=O)c%10ccc(N%11CCCC%11)cc%10)CC9)c8)C7)cc6)CC5)c4)C3)cc2)CC1. The highest BCUT2D eigenvalue weighted by molar-refractivity contribution is 7.89. The average molecular weight is 1310 g/mol. The second-order valence-electron chi connectivity index (χ2n) is 25.1. The number of ether oxygens (including phenoxy) is 1. The number of piperazine rings is 3. The quantitative estimate of drug-likeness (QED) is 0.0725. The Morgan fingerprint density at radius 2 is 0.750 bits per heavy atom. The number of carbonyl (C=O) groups is 3. The van der Waals surface area contributed by atoms with Crippen LogP contribution in [-0.2, 0) is 68.5 Å². The van der Waals surface area contributed by atoms with Gasteiger partial charge in [0.1, 0.15) is 6.10 Å². The molecule has 6 heterocycles. The topological polar surface area (TPSA) is 192 Å². The highest BCUT2D eigenvalue weighted by Gasteiger charge is 2.35. The van der Waals surface area contributed by atoms with Crippen LogP contribution in [0.4, 0.5) is 17.1 Å². The minimum atomic E-state index is -3.80. The molecule has 0 aromatic heterocycles.